The van der Waals surface area contributed by atoms with E-state index in [1.165, 1.54) is 83.5 Å². The summed E-state index contributed by atoms with van der Waals surface area (Å²) in [6.07, 6.45) is 18.4. The van der Waals surface area contributed by atoms with Gasteiger partial charge in [0.15, 0.2) is 0 Å². The maximum atomic E-state index is 10.3. The van der Waals surface area contributed by atoms with Crippen molar-refractivity contribution in [2.45, 2.75) is 110 Å². The third kappa shape index (κ3) is 40.0. The van der Waals surface area contributed by atoms with Crippen LogP contribution in [0.25, 0.3) is 0 Å². The fourth-order valence-corrected chi connectivity index (χ4v) is 2.65. The first-order chi connectivity index (χ1) is 11.5. The van der Waals surface area contributed by atoms with E-state index >= 15 is 0 Å². The molecule has 0 aliphatic heterocycles. The molecular weight excluding hydrogens is 331 g/mol. The topological polar surface area (TPSA) is 94.8 Å². The summed E-state index contributed by atoms with van der Waals surface area (Å²) in [6.45, 7) is 2.27. The van der Waals surface area contributed by atoms with Crippen LogP contribution >= 0.6 is 0 Å². The van der Waals surface area contributed by atoms with Crippen molar-refractivity contribution >= 4 is 12.1 Å². The quantitative estimate of drug-likeness (QED) is 0.285. The van der Waals surface area contributed by atoms with Crippen molar-refractivity contribution in [1.82, 2.24) is 0 Å². The number of carbonyl (C=O) groups is 2. The second-order valence-corrected chi connectivity index (χ2v) is 6.38. The molecule has 0 saturated heterocycles. The molecular formula is C19H39NaO5. The zero-order valence-electron chi connectivity index (χ0n) is 17.5. The Labute approximate surface area is 177 Å². The van der Waals surface area contributed by atoms with E-state index in [9.17, 15) is 4.79 Å². The molecule has 0 rings (SSSR count). The molecule has 0 amide bonds. The molecule has 0 fully saturated rings. The van der Waals surface area contributed by atoms with Crippen molar-refractivity contribution in [2.75, 3.05) is 0 Å². The van der Waals surface area contributed by atoms with Gasteiger partial charge < -0.3 is 16.7 Å². The van der Waals surface area contributed by atoms with Crippen molar-refractivity contribution in [3.63, 3.8) is 0 Å². The maximum absolute atomic E-state index is 10.3. The first-order valence-electron chi connectivity index (χ1n) is 9.64. The summed E-state index contributed by atoms with van der Waals surface area (Å²) in [5.41, 5.74) is 0. The summed E-state index contributed by atoms with van der Waals surface area (Å²) < 4.78 is 0. The number of unbranched alkanes of at least 4 members (excludes halogenated alkanes) is 14. The van der Waals surface area contributed by atoms with Gasteiger partial charge >= 0.3 is 41.7 Å². The Morgan fingerprint density at radius 1 is 0.600 bits per heavy atom. The van der Waals surface area contributed by atoms with Crippen LogP contribution in [-0.2, 0) is 4.79 Å². The Bertz CT molecular complexity index is 287. The average molecular weight is 371 g/mol. The Hall–Kier alpha value is -0.260. The van der Waals surface area contributed by atoms with Crippen LogP contribution in [0, 0.1) is 0 Å². The SMILES string of the molecule is CCCCCCCCCCCCCCCCCC(=O)O.O=C(O)O.[H-].[Na+]. The molecule has 0 saturated carbocycles. The number of rotatable bonds is 16. The normalized spacial score (nSPS) is 9.64. The zero-order chi connectivity index (χ0) is 18.5. The summed E-state index contributed by atoms with van der Waals surface area (Å²) in [6, 6.07) is 0. The van der Waals surface area contributed by atoms with E-state index in [2.05, 4.69) is 6.92 Å². The summed E-state index contributed by atoms with van der Waals surface area (Å²) in [5, 5.41) is 22.5. The van der Waals surface area contributed by atoms with Gasteiger partial charge in [-0.15, -0.1) is 0 Å². The molecule has 0 aliphatic rings. The van der Waals surface area contributed by atoms with Crippen LogP contribution in [0.15, 0.2) is 0 Å². The van der Waals surface area contributed by atoms with Gasteiger partial charge in [-0.3, -0.25) is 4.79 Å². The predicted molar refractivity (Wildman–Crippen MR) is 98.9 cm³/mol. The minimum atomic E-state index is -1.83. The zero-order valence-corrected chi connectivity index (χ0v) is 18.5. The molecule has 0 radical (unpaired) electrons. The Kier molecular flexibility index (Phi) is 30.7. The van der Waals surface area contributed by atoms with Crippen molar-refractivity contribution in [3.05, 3.63) is 0 Å². The molecule has 0 atom stereocenters. The molecule has 0 spiro atoms. The molecule has 0 aliphatic carbocycles. The van der Waals surface area contributed by atoms with Crippen molar-refractivity contribution < 1.29 is 55.9 Å². The fraction of sp³-hybridized carbons (Fsp3) is 0.895. The van der Waals surface area contributed by atoms with Gasteiger partial charge in [-0.1, -0.05) is 96.8 Å². The summed E-state index contributed by atoms with van der Waals surface area (Å²) in [7, 11) is 0. The van der Waals surface area contributed by atoms with E-state index in [-0.39, 0.29) is 31.0 Å². The van der Waals surface area contributed by atoms with Gasteiger partial charge in [-0.05, 0) is 6.42 Å². The number of aliphatic carboxylic acids is 1. The molecule has 0 aromatic rings. The smallest absolute Gasteiger partial charge is 1.00 e. The minimum Gasteiger partial charge on any atom is -1.00 e. The van der Waals surface area contributed by atoms with Gasteiger partial charge in [0.25, 0.3) is 0 Å². The van der Waals surface area contributed by atoms with Gasteiger partial charge in [0.05, 0.1) is 0 Å². The molecule has 146 valence electrons. The molecule has 0 aromatic heterocycles. The number of hydrogen-bond acceptors (Lipinski definition) is 2. The molecule has 0 heterocycles. The summed E-state index contributed by atoms with van der Waals surface area (Å²) >= 11 is 0. The second kappa shape index (κ2) is 26.0. The van der Waals surface area contributed by atoms with Crippen LogP contribution < -0.4 is 29.6 Å². The van der Waals surface area contributed by atoms with Crippen LogP contribution in [-0.4, -0.2) is 27.4 Å². The third-order valence-electron chi connectivity index (χ3n) is 3.99. The molecule has 0 unspecified atom stereocenters. The molecule has 6 heteroatoms. The Balaban J connectivity index is -0.000000363. The first kappa shape index (κ1) is 29.5. The molecule has 5 nitrogen and oxygen atoms in total. The second-order valence-electron chi connectivity index (χ2n) is 6.38. The molecule has 25 heavy (non-hydrogen) atoms. The van der Waals surface area contributed by atoms with Gasteiger partial charge in [0.2, 0.25) is 0 Å². The van der Waals surface area contributed by atoms with Gasteiger partial charge in [-0.25, -0.2) is 4.79 Å². The van der Waals surface area contributed by atoms with E-state index in [0.717, 1.165) is 12.8 Å². The first-order valence-corrected chi connectivity index (χ1v) is 9.64. The van der Waals surface area contributed by atoms with E-state index in [4.69, 9.17) is 20.1 Å². The van der Waals surface area contributed by atoms with Gasteiger partial charge in [-0.2, -0.15) is 0 Å². The van der Waals surface area contributed by atoms with Crippen LogP contribution in [0.5, 0.6) is 0 Å². The fourth-order valence-electron chi connectivity index (χ4n) is 2.65. The van der Waals surface area contributed by atoms with Crippen LogP contribution in [0.4, 0.5) is 4.79 Å². The Morgan fingerprint density at radius 3 is 1.08 bits per heavy atom. The van der Waals surface area contributed by atoms with E-state index in [0.29, 0.717) is 6.42 Å². The number of carboxylic acids is 1. The minimum absolute atomic E-state index is 0. The number of carboxylic acid groups (broad SMARTS) is 3. The van der Waals surface area contributed by atoms with Gasteiger partial charge in [0.1, 0.15) is 0 Å². The molecule has 3 N–H and O–H groups in total. The van der Waals surface area contributed by atoms with E-state index < -0.39 is 12.1 Å². The standard InChI is InChI=1S/C18H36O2.CH2O3.Na.H/c1-2-3-4-5-6-7-8-9-10-11-12-13-14-15-16-17-18(19)20;2-1(3)4;;/h2-17H2,1H3,(H,19,20);(H2,2,3,4);;/q;;+1;-1. The van der Waals surface area contributed by atoms with Crippen LogP contribution in [0.1, 0.15) is 111 Å². The maximum Gasteiger partial charge on any atom is 1.00 e. The predicted octanol–water partition coefficient (Wildman–Crippen LogP) is 3.67. The third-order valence-corrected chi connectivity index (χ3v) is 3.99. The summed E-state index contributed by atoms with van der Waals surface area (Å²) in [4.78, 5) is 18.9. The van der Waals surface area contributed by atoms with Crippen molar-refractivity contribution in [1.29, 1.82) is 0 Å². The largest absolute Gasteiger partial charge is 1.00 e. The van der Waals surface area contributed by atoms with Crippen molar-refractivity contribution in [3.8, 4) is 0 Å². The average Bonchev–Trinajstić information content (AvgIpc) is 2.50. The summed E-state index contributed by atoms with van der Waals surface area (Å²) in [5.74, 6) is -0.653. The van der Waals surface area contributed by atoms with Crippen LogP contribution in [0.2, 0.25) is 0 Å². The van der Waals surface area contributed by atoms with E-state index in [1.54, 1.807) is 0 Å². The van der Waals surface area contributed by atoms with E-state index in [1.807, 2.05) is 0 Å². The van der Waals surface area contributed by atoms with Gasteiger partial charge in [0, 0.05) is 6.42 Å². The molecule has 0 bridgehead atoms. The van der Waals surface area contributed by atoms with Crippen molar-refractivity contribution in [2.24, 2.45) is 0 Å². The molecule has 0 aromatic carbocycles. The Morgan fingerprint density at radius 2 is 0.840 bits per heavy atom. The van der Waals surface area contributed by atoms with Crippen LogP contribution in [0.3, 0.4) is 0 Å². The number of hydrogen-bond donors (Lipinski definition) is 3. The monoisotopic (exact) mass is 370 g/mol.